The molecule has 0 radical (unpaired) electrons. The van der Waals surface area contributed by atoms with E-state index < -0.39 is 5.54 Å². The lowest BCUT2D eigenvalue weighted by atomic mass is 9.83. The third kappa shape index (κ3) is 2.25. The molecule has 4 nitrogen and oxygen atoms in total. The van der Waals surface area contributed by atoms with Gasteiger partial charge in [-0.2, -0.15) is 0 Å². The van der Waals surface area contributed by atoms with Crippen LogP contribution in [0.4, 0.5) is 0 Å². The van der Waals surface area contributed by atoms with Crippen molar-refractivity contribution in [2.45, 2.75) is 50.2 Å². The van der Waals surface area contributed by atoms with E-state index in [1.165, 1.54) is 12.8 Å². The first-order valence-electron chi connectivity index (χ1n) is 6.70. The zero-order valence-corrected chi connectivity index (χ0v) is 11.2. The standard InChI is InChI=1S/C14H22N2O2/c1-4-8-15-14(13(17)18-5-2)9-11-6-7-12(10-14)16(11)3/h1,11-12,15H,5-10H2,2-3H3. The van der Waals surface area contributed by atoms with Gasteiger partial charge in [-0.25, -0.2) is 0 Å². The molecule has 2 rings (SSSR count). The summed E-state index contributed by atoms with van der Waals surface area (Å²) in [7, 11) is 2.15. The van der Waals surface area contributed by atoms with E-state index in [9.17, 15) is 4.79 Å². The van der Waals surface area contributed by atoms with Crippen molar-refractivity contribution >= 4 is 5.97 Å². The molecule has 2 unspecified atom stereocenters. The van der Waals surface area contributed by atoms with E-state index in [0.717, 1.165) is 12.8 Å². The zero-order valence-electron chi connectivity index (χ0n) is 11.2. The minimum Gasteiger partial charge on any atom is -0.465 e. The molecule has 0 aromatic carbocycles. The lowest BCUT2D eigenvalue weighted by Crippen LogP contribution is -2.61. The molecule has 2 bridgehead atoms. The van der Waals surface area contributed by atoms with Crippen molar-refractivity contribution in [3.8, 4) is 12.3 Å². The second-order valence-corrected chi connectivity index (χ2v) is 5.32. The summed E-state index contributed by atoms with van der Waals surface area (Å²) >= 11 is 0. The summed E-state index contributed by atoms with van der Waals surface area (Å²) in [6, 6.07) is 0.942. The van der Waals surface area contributed by atoms with Gasteiger partial charge in [-0.3, -0.25) is 10.1 Å². The number of fused-ring (bicyclic) bond motifs is 2. The molecule has 2 aliphatic heterocycles. The highest BCUT2D eigenvalue weighted by molar-refractivity contribution is 5.81. The van der Waals surface area contributed by atoms with Crippen LogP contribution in [0.5, 0.6) is 0 Å². The largest absolute Gasteiger partial charge is 0.465 e. The fourth-order valence-corrected chi connectivity index (χ4v) is 3.34. The zero-order chi connectivity index (χ0) is 13.2. The Morgan fingerprint density at radius 2 is 2.11 bits per heavy atom. The van der Waals surface area contributed by atoms with Gasteiger partial charge in [0.05, 0.1) is 13.2 Å². The molecule has 18 heavy (non-hydrogen) atoms. The minimum atomic E-state index is -0.569. The number of rotatable bonds is 4. The predicted molar refractivity (Wildman–Crippen MR) is 70.0 cm³/mol. The Kier molecular flexibility index (Phi) is 3.94. The number of esters is 1. The molecule has 2 fully saturated rings. The first-order valence-corrected chi connectivity index (χ1v) is 6.70. The molecule has 100 valence electrons. The van der Waals surface area contributed by atoms with Crippen LogP contribution in [-0.2, 0) is 9.53 Å². The van der Waals surface area contributed by atoms with Crippen molar-refractivity contribution in [2.75, 3.05) is 20.2 Å². The first-order chi connectivity index (χ1) is 8.63. The van der Waals surface area contributed by atoms with Crippen molar-refractivity contribution in [2.24, 2.45) is 0 Å². The van der Waals surface area contributed by atoms with E-state index in [-0.39, 0.29) is 5.97 Å². The van der Waals surface area contributed by atoms with E-state index in [2.05, 4.69) is 23.2 Å². The second kappa shape index (κ2) is 5.29. The molecule has 0 saturated carbocycles. The summed E-state index contributed by atoms with van der Waals surface area (Å²) < 4.78 is 5.25. The molecule has 0 amide bonds. The lowest BCUT2D eigenvalue weighted by molar-refractivity contribution is -0.154. The van der Waals surface area contributed by atoms with E-state index >= 15 is 0 Å². The number of nitrogens with zero attached hydrogens (tertiary/aromatic N) is 1. The normalized spacial score (nSPS) is 35.2. The van der Waals surface area contributed by atoms with Crippen molar-refractivity contribution < 1.29 is 9.53 Å². The van der Waals surface area contributed by atoms with Crippen LogP contribution in [-0.4, -0.2) is 48.7 Å². The van der Waals surface area contributed by atoms with Gasteiger partial charge in [0.1, 0.15) is 5.54 Å². The van der Waals surface area contributed by atoms with Crippen LogP contribution in [0.3, 0.4) is 0 Å². The fourth-order valence-electron chi connectivity index (χ4n) is 3.34. The summed E-state index contributed by atoms with van der Waals surface area (Å²) in [5, 5.41) is 3.25. The van der Waals surface area contributed by atoms with Crippen molar-refractivity contribution in [3.05, 3.63) is 0 Å². The summed E-state index contributed by atoms with van der Waals surface area (Å²) in [6.45, 7) is 2.68. The maximum Gasteiger partial charge on any atom is 0.326 e. The van der Waals surface area contributed by atoms with Crippen molar-refractivity contribution in [3.63, 3.8) is 0 Å². The molecule has 2 aliphatic rings. The summed E-state index contributed by atoms with van der Waals surface area (Å²) in [6.07, 6.45) is 9.26. The van der Waals surface area contributed by atoms with Crippen LogP contribution in [0.2, 0.25) is 0 Å². The summed E-state index contributed by atoms with van der Waals surface area (Å²) in [5.74, 6) is 2.43. The highest BCUT2D eigenvalue weighted by Crippen LogP contribution is 2.40. The second-order valence-electron chi connectivity index (χ2n) is 5.32. The monoisotopic (exact) mass is 250 g/mol. The molecular weight excluding hydrogens is 228 g/mol. The van der Waals surface area contributed by atoms with Gasteiger partial charge in [0.2, 0.25) is 0 Å². The Morgan fingerprint density at radius 3 is 2.61 bits per heavy atom. The van der Waals surface area contributed by atoms with Gasteiger partial charge >= 0.3 is 5.97 Å². The predicted octanol–water partition coefficient (Wildman–Crippen LogP) is 0.768. The topological polar surface area (TPSA) is 41.6 Å². The lowest BCUT2D eigenvalue weighted by Gasteiger charge is -2.43. The fraction of sp³-hybridized carbons (Fsp3) is 0.786. The summed E-state index contributed by atoms with van der Waals surface area (Å²) in [5.41, 5.74) is -0.569. The number of terminal acetylenes is 1. The third-order valence-electron chi connectivity index (χ3n) is 4.35. The number of hydrogen-bond acceptors (Lipinski definition) is 4. The van der Waals surface area contributed by atoms with E-state index in [4.69, 9.17) is 11.2 Å². The minimum absolute atomic E-state index is 0.134. The van der Waals surface area contributed by atoms with Gasteiger partial charge in [0.15, 0.2) is 0 Å². The van der Waals surface area contributed by atoms with Crippen LogP contribution in [0.1, 0.15) is 32.6 Å². The molecule has 4 heteroatoms. The van der Waals surface area contributed by atoms with Crippen LogP contribution in [0, 0.1) is 12.3 Å². The van der Waals surface area contributed by atoms with Gasteiger partial charge in [-0.1, -0.05) is 5.92 Å². The van der Waals surface area contributed by atoms with E-state index in [1.807, 2.05) is 6.92 Å². The summed E-state index contributed by atoms with van der Waals surface area (Å²) in [4.78, 5) is 14.7. The molecular formula is C14H22N2O2. The Balaban J connectivity index is 2.16. The molecule has 0 aliphatic carbocycles. The molecule has 2 saturated heterocycles. The number of ether oxygens (including phenoxy) is 1. The molecule has 2 heterocycles. The SMILES string of the molecule is C#CCNC1(C(=O)OCC)CC2CCC(C1)N2C. The van der Waals surface area contributed by atoms with Crippen LogP contribution in [0.25, 0.3) is 0 Å². The quantitative estimate of drug-likeness (QED) is 0.591. The van der Waals surface area contributed by atoms with Gasteiger partial charge < -0.3 is 9.64 Å². The number of hydrogen-bond donors (Lipinski definition) is 1. The average Bonchev–Trinajstić information content (AvgIpc) is 2.60. The Hall–Kier alpha value is -1.05. The number of piperidine rings is 1. The number of nitrogens with one attached hydrogen (secondary N) is 1. The van der Waals surface area contributed by atoms with Gasteiger partial charge in [-0.15, -0.1) is 6.42 Å². The number of carbonyl (C=O) groups is 1. The molecule has 2 atom stereocenters. The molecule has 1 N–H and O–H groups in total. The Morgan fingerprint density at radius 1 is 1.50 bits per heavy atom. The van der Waals surface area contributed by atoms with E-state index in [0.29, 0.717) is 25.2 Å². The maximum absolute atomic E-state index is 12.3. The number of carbonyl (C=O) groups excluding carboxylic acids is 1. The Bertz CT molecular complexity index is 347. The highest BCUT2D eigenvalue weighted by atomic mass is 16.5. The maximum atomic E-state index is 12.3. The molecule has 0 aromatic heterocycles. The van der Waals surface area contributed by atoms with Crippen molar-refractivity contribution in [1.82, 2.24) is 10.2 Å². The third-order valence-corrected chi connectivity index (χ3v) is 4.35. The first kappa shape index (κ1) is 13.4. The van der Waals surface area contributed by atoms with Gasteiger partial charge in [0, 0.05) is 12.1 Å². The van der Waals surface area contributed by atoms with Crippen LogP contribution in [0.15, 0.2) is 0 Å². The smallest absolute Gasteiger partial charge is 0.326 e. The molecule has 0 spiro atoms. The average molecular weight is 250 g/mol. The molecule has 0 aromatic rings. The highest BCUT2D eigenvalue weighted by Gasteiger charge is 2.51. The van der Waals surface area contributed by atoms with Crippen LogP contribution >= 0.6 is 0 Å². The van der Waals surface area contributed by atoms with Crippen LogP contribution < -0.4 is 5.32 Å². The van der Waals surface area contributed by atoms with Gasteiger partial charge in [0.25, 0.3) is 0 Å². The van der Waals surface area contributed by atoms with Crippen molar-refractivity contribution in [1.29, 1.82) is 0 Å². The Labute approximate surface area is 109 Å². The van der Waals surface area contributed by atoms with E-state index in [1.54, 1.807) is 0 Å². The van der Waals surface area contributed by atoms with Gasteiger partial charge in [-0.05, 0) is 39.7 Å².